The molecule has 2 amide bonds. The van der Waals surface area contributed by atoms with Crippen molar-refractivity contribution in [1.82, 2.24) is 10.2 Å². The molecule has 0 saturated heterocycles. The quantitative estimate of drug-likeness (QED) is 0.512. The smallest absolute Gasteiger partial charge is 0.242 e. The van der Waals surface area contributed by atoms with Gasteiger partial charge in [-0.3, -0.25) is 9.59 Å². The molecule has 180 valence electrons. The molecule has 6 nitrogen and oxygen atoms in total. The Hall–Kier alpha value is -3.02. The van der Waals surface area contributed by atoms with Crippen LogP contribution in [-0.4, -0.2) is 43.5 Å². The maximum absolute atomic E-state index is 13.4. The van der Waals surface area contributed by atoms with Crippen LogP contribution in [0.15, 0.2) is 42.5 Å². The van der Waals surface area contributed by atoms with Gasteiger partial charge in [-0.15, -0.1) is 0 Å². The number of nitrogens with zero attached hydrogens (tertiary/aromatic N) is 1. The molecule has 0 heterocycles. The minimum absolute atomic E-state index is 0.0445. The molecule has 0 aliphatic heterocycles. The summed E-state index contributed by atoms with van der Waals surface area (Å²) in [5.41, 5.74) is 3.15. The third-order valence-electron chi connectivity index (χ3n) is 5.62. The largest absolute Gasteiger partial charge is 0.493 e. The lowest BCUT2D eigenvalue weighted by atomic mass is 10.0. The maximum atomic E-state index is 13.4. The lowest BCUT2D eigenvalue weighted by Gasteiger charge is -2.31. The van der Waals surface area contributed by atoms with Gasteiger partial charge in [0, 0.05) is 19.5 Å². The normalized spacial score (nSPS) is 11.7. The highest BCUT2D eigenvalue weighted by Gasteiger charge is 2.28. The van der Waals surface area contributed by atoms with E-state index in [4.69, 9.17) is 9.47 Å². The van der Waals surface area contributed by atoms with Crippen LogP contribution in [0.1, 0.15) is 50.3 Å². The Morgan fingerprint density at radius 1 is 0.970 bits per heavy atom. The van der Waals surface area contributed by atoms with Gasteiger partial charge in [-0.2, -0.15) is 0 Å². The lowest BCUT2D eigenvalue weighted by molar-refractivity contribution is -0.141. The number of ether oxygens (including phenoxy) is 2. The van der Waals surface area contributed by atoms with Crippen molar-refractivity contribution in [3.63, 3.8) is 0 Å². The topological polar surface area (TPSA) is 67.9 Å². The molecule has 1 atom stereocenters. The van der Waals surface area contributed by atoms with E-state index in [1.165, 1.54) is 0 Å². The molecule has 0 spiro atoms. The minimum Gasteiger partial charge on any atom is -0.493 e. The Morgan fingerprint density at radius 3 is 2.18 bits per heavy atom. The van der Waals surface area contributed by atoms with Gasteiger partial charge in [0.05, 0.1) is 14.2 Å². The van der Waals surface area contributed by atoms with Crippen LogP contribution in [0.4, 0.5) is 0 Å². The van der Waals surface area contributed by atoms with E-state index in [0.29, 0.717) is 49.8 Å². The molecule has 2 aromatic carbocycles. The van der Waals surface area contributed by atoms with Gasteiger partial charge in [0.25, 0.3) is 0 Å². The molecule has 0 aliphatic rings. The van der Waals surface area contributed by atoms with E-state index in [1.807, 2.05) is 56.3 Å². The highest BCUT2D eigenvalue weighted by molar-refractivity contribution is 5.87. The zero-order valence-corrected chi connectivity index (χ0v) is 20.8. The Labute approximate surface area is 198 Å². The van der Waals surface area contributed by atoms with Crippen molar-refractivity contribution < 1.29 is 19.1 Å². The van der Waals surface area contributed by atoms with Crippen molar-refractivity contribution in [3.8, 4) is 11.5 Å². The zero-order chi connectivity index (χ0) is 24.4. The molecule has 1 unspecified atom stereocenters. The first kappa shape index (κ1) is 26.2. The van der Waals surface area contributed by atoms with E-state index in [2.05, 4.69) is 19.2 Å². The number of hydrogen-bond acceptors (Lipinski definition) is 4. The first-order valence-electron chi connectivity index (χ1n) is 11.6. The lowest BCUT2D eigenvalue weighted by Crippen LogP contribution is -2.49. The average molecular weight is 455 g/mol. The predicted molar refractivity (Wildman–Crippen MR) is 132 cm³/mol. The number of rotatable bonds is 12. The van der Waals surface area contributed by atoms with E-state index >= 15 is 0 Å². The van der Waals surface area contributed by atoms with Gasteiger partial charge in [-0.25, -0.2) is 0 Å². The molecule has 0 aromatic heterocycles. The fourth-order valence-corrected chi connectivity index (χ4v) is 3.66. The first-order chi connectivity index (χ1) is 15.8. The molecule has 6 heteroatoms. The number of methoxy groups -OCH3 is 2. The highest BCUT2D eigenvalue weighted by atomic mass is 16.5. The molecular weight excluding hydrogens is 416 g/mol. The molecule has 2 aromatic rings. The number of hydrogen-bond donors (Lipinski definition) is 1. The molecule has 0 bridgehead atoms. The summed E-state index contributed by atoms with van der Waals surface area (Å²) < 4.78 is 10.7. The van der Waals surface area contributed by atoms with Crippen molar-refractivity contribution in [2.75, 3.05) is 20.8 Å². The molecule has 0 saturated carbocycles. The number of nitrogens with one attached hydrogen (secondary N) is 1. The fourth-order valence-electron chi connectivity index (χ4n) is 3.66. The van der Waals surface area contributed by atoms with Crippen LogP contribution < -0.4 is 14.8 Å². The first-order valence-corrected chi connectivity index (χ1v) is 11.6. The number of benzene rings is 2. The SMILES string of the molecule is CCC(C(=O)NCC(C)C)N(Cc1ccc(C)cc1)C(=O)CCc1ccc(OC)c(OC)c1. The maximum Gasteiger partial charge on any atom is 0.242 e. The number of carbonyl (C=O) groups excluding carboxylic acids is 2. The molecule has 1 N–H and O–H groups in total. The summed E-state index contributed by atoms with van der Waals surface area (Å²) in [6.45, 7) is 9.08. The summed E-state index contributed by atoms with van der Waals surface area (Å²) in [5.74, 6) is 1.49. The highest BCUT2D eigenvalue weighted by Crippen LogP contribution is 2.28. The summed E-state index contributed by atoms with van der Waals surface area (Å²) in [6.07, 6.45) is 1.40. The monoisotopic (exact) mass is 454 g/mol. The number of aryl methyl sites for hydroxylation is 2. The third kappa shape index (κ3) is 7.81. The second-order valence-corrected chi connectivity index (χ2v) is 8.76. The van der Waals surface area contributed by atoms with Gasteiger partial charge in [0.1, 0.15) is 6.04 Å². The molecule has 33 heavy (non-hydrogen) atoms. The summed E-state index contributed by atoms with van der Waals surface area (Å²) in [6, 6.07) is 13.3. The minimum atomic E-state index is -0.511. The van der Waals surface area contributed by atoms with E-state index in [-0.39, 0.29) is 11.8 Å². The van der Waals surface area contributed by atoms with Gasteiger partial charge in [-0.05, 0) is 48.9 Å². The second-order valence-electron chi connectivity index (χ2n) is 8.76. The molecule has 2 rings (SSSR count). The molecule has 0 aliphatic carbocycles. The van der Waals surface area contributed by atoms with Gasteiger partial charge in [-0.1, -0.05) is 56.7 Å². The summed E-state index contributed by atoms with van der Waals surface area (Å²) in [5, 5.41) is 3.00. The van der Waals surface area contributed by atoms with Crippen LogP contribution in [0.2, 0.25) is 0 Å². The zero-order valence-electron chi connectivity index (χ0n) is 20.8. The standard InChI is InChI=1S/C27H38N2O4/c1-7-23(27(31)28-17-19(2)3)29(18-22-10-8-20(4)9-11-22)26(30)15-13-21-12-14-24(32-5)25(16-21)33-6/h8-12,14,16,19,23H,7,13,15,17-18H2,1-6H3,(H,28,31). The third-order valence-corrected chi connectivity index (χ3v) is 5.62. The van der Waals surface area contributed by atoms with Crippen LogP contribution in [0, 0.1) is 12.8 Å². The van der Waals surface area contributed by atoms with Crippen molar-refractivity contribution in [3.05, 3.63) is 59.2 Å². The van der Waals surface area contributed by atoms with E-state index in [9.17, 15) is 9.59 Å². The van der Waals surface area contributed by atoms with Crippen molar-refractivity contribution in [1.29, 1.82) is 0 Å². The van der Waals surface area contributed by atoms with Crippen LogP contribution in [0.25, 0.3) is 0 Å². The van der Waals surface area contributed by atoms with Crippen molar-refractivity contribution >= 4 is 11.8 Å². The molecule has 0 fully saturated rings. The van der Waals surface area contributed by atoms with Crippen molar-refractivity contribution in [2.24, 2.45) is 5.92 Å². The van der Waals surface area contributed by atoms with Gasteiger partial charge in [0.15, 0.2) is 11.5 Å². The van der Waals surface area contributed by atoms with Crippen LogP contribution >= 0.6 is 0 Å². The predicted octanol–water partition coefficient (Wildman–Crippen LogP) is 4.52. The van der Waals surface area contributed by atoms with E-state index < -0.39 is 6.04 Å². The van der Waals surface area contributed by atoms with Crippen molar-refractivity contribution in [2.45, 2.75) is 59.5 Å². The van der Waals surface area contributed by atoms with Crippen LogP contribution in [-0.2, 0) is 22.6 Å². The summed E-state index contributed by atoms with van der Waals surface area (Å²) in [4.78, 5) is 28.1. The average Bonchev–Trinajstić information content (AvgIpc) is 2.81. The van der Waals surface area contributed by atoms with E-state index in [0.717, 1.165) is 16.7 Å². The van der Waals surface area contributed by atoms with Gasteiger partial charge < -0.3 is 19.7 Å². The Morgan fingerprint density at radius 2 is 1.61 bits per heavy atom. The van der Waals surface area contributed by atoms with Gasteiger partial charge >= 0.3 is 0 Å². The fraction of sp³-hybridized carbons (Fsp3) is 0.481. The Bertz CT molecular complexity index is 909. The van der Waals surface area contributed by atoms with Crippen LogP contribution in [0.3, 0.4) is 0 Å². The Kier molecular flexibility index (Phi) is 10.2. The molecule has 0 radical (unpaired) electrons. The summed E-state index contributed by atoms with van der Waals surface area (Å²) in [7, 11) is 3.19. The summed E-state index contributed by atoms with van der Waals surface area (Å²) >= 11 is 0. The van der Waals surface area contributed by atoms with Gasteiger partial charge in [0.2, 0.25) is 11.8 Å². The number of amides is 2. The molecular formula is C27H38N2O4. The Balaban J connectivity index is 2.20. The second kappa shape index (κ2) is 12.9. The van der Waals surface area contributed by atoms with Crippen LogP contribution in [0.5, 0.6) is 11.5 Å². The number of carbonyl (C=O) groups is 2. The van der Waals surface area contributed by atoms with E-state index in [1.54, 1.807) is 19.1 Å².